The molecule has 1 aromatic carbocycles. The highest BCUT2D eigenvalue weighted by molar-refractivity contribution is 14.1. The third kappa shape index (κ3) is 3.20. The molecule has 0 saturated carbocycles. The van der Waals surface area contributed by atoms with Gasteiger partial charge < -0.3 is 5.73 Å². The molecule has 0 fully saturated rings. The van der Waals surface area contributed by atoms with Gasteiger partial charge in [0.05, 0.1) is 0 Å². The lowest BCUT2D eigenvalue weighted by molar-refractivity contribution is 0.547. The first kappa shape index (κ1) is 11.9. The van der Waals surface area contributed by atoms with Crippen LogP contribution in [0, 0.1) is 9.39 Å². The number of hydrogen-bond acceptors (Lipinski definition) is 1. The van der Waals surface area contributed by atoms with Gasteiger partial charge in [-0.25, -0.2) is 4.39 Å². The van der Waals surface area contributed by atoms with E-state index in [-0.39, 0.29) is 11.9 Å². The number of rotatable bonds is 4. The average Bonchev–Trinajstić information content (AvgIpc) is 2.18. The smallest absolute Gasteiger partial charge is 0.128 e. The topological polar surface area (TPSA) is 26.0 Å². The van der Waals surface area contributed by atoms with Crippen molar-refractivity contribution in [3.8, 4) is 0 Å². The van der Waals surface area contributed by atoms with Crippen LogP contribution >= 0.6 is 22.6 Å². The molecule has 1 atom stereocenters. The maximum Gasteiger partial charge on any atom is 0.128 e. The number of hydrogen-bond donors (Lipinski definition) is 1. The van der Waals surface area contributed by atoms with Crippen LogP contribution in [0.4, 0.5) is 4.39 Å². The molecular formula is C11H15FIN. The molecule has 14 heavy (non-hydrogen) atoms. The van der Waals surface area contributed by atoms with Crippen molar-refractivity contribution in [2.45, 2.75) is 32.2 Å². The van der Waals surface area contributed by atoms with E-state index in [0.717, 1.165) is 22.8 Å². The minimum Gasteiger partial charge on any atom is -0.324 e. The number of halogens is 2. The van der Waals surface area contributed by atoms with E-state index in [1.54, 1.807) is 6.07 Å². The molecule has 0 aliphatic heterocycles. The molecular weight excluding hydrogens is 292 g/mol. The van der Waals surface area contributed by atoms with E-state index in [2.05, 4.69) is 29.5 Å². The lowest BCUT2D eigenvalue weighted by Crippen LogP contribution is -2.12. The van der Waals surface area contributed by atoms with Gasteiger partial charge in [-0.1, -0.05) is 19.8 Å². The summed E-state index contributed by atoms with van der Waals surface area (Å²) in [6, 6.07) is 4.91. The highest BCUT2D eigenvalue weighted by Crippen LogP contribution is 2.21. The third-order valence-corrected chi connectivity index (χ3v) is 2.90. The van der Waals surface area contributed by atoms with E-state index < -0.39 is 0 Å². The zero-order chi connectivity index (χ0) is 10.6. The molecule has 0 bridgehead atoms. The molecule has 0 spiro atoms. The second kappa shape index (κ2) is 5.66. The Labute approximate surface area is 98.0 Å². The van der Waals surface area contributed by atoms with Crippen LogP contribution in [-0.2, 0) is 0 Å². The summed E-state index contributed by atoms with van der Waals surface area (Å²) in [7, 11) is 0. The Balaban J connectivity index is 2.77. The predicted octanol–water partition coefficient (Wildman–Crippen LogP) is 3.62. The van der Waals surface area contributed by atoms with Gasteiger partial charge in [0.25, 0.3) is 0 Å². The quantitative estimate of drug-likeness (QED) is 0.845. The molecule has 0 aliphatic rings. The molecule has 0 aromatic heterocycles. The van der Waals surface area contributed by atoms with E-state index in [1.807, 2.05) is 6.07 Å². The zero-order valence-corrected chi connectivity index (χ0v) is 10.4. The molecule has 2 N–H and O–H groups in total. The summed E-state index contributed by atoms with van der Waals surface area (Å²) in [6.07, 6.45) is 3.00. The van der Waals surface area contributed by atoms with Crippen molar-refractivity contribution >= 4 is 22.6 Å². The first-order valence-electron chi connectivity index (χ1n) is 4.85. The van der Waals surface area contributed by atoms with Gasteiger partial charge in [0.1, 0.15) is 5.82 Å². The molecule has 0 saturated heterocycles. The largest absolute Gasteiger partial charge is 0.324 e. The predicted molar refractivity (Wildman–Crippen MR) is 65.6 cm³/mol. The Bertz CT molecular complexity index is 301. The van der Waals surface area contributed by atoms with Gasteiger partial charge >= 0.3 is 0 Å². The standard InChI is InChI=1S/C11H15FIN/c1-2-3-4-11(14)9-7-8(13)5-6-10(9)12/h5-7,11H,2-4,14H2,1H3/t11-/m1/s1. The minimum atomic E-state index is -0.186. The van der Waals surface area contributed by atoms with Gasteiger partial charge in [0.15, 0.2) is 0 Å². The van der Waals surface area contributed by atoms with Gasteiger partial charge in [0.2, 0.25) is 0 Å². The van der Waals surface area contributed by atoms with Gasteiger partial charge in [-0.2, -0.15) is 0 Å². The monoisotopic (exact) mass is 307 g/mol. The van der Waals surface area contributed by atoms with Crippen LogP contribution in [-0.4, -0.2) is 0 Å². The van der Waals surface area contributed by atoms with Gasteiger partial charge in [0, 0.05) is 15.2 Å². The van der Waals surface area contributed by atoms with Gasteiger partial charge in [-0.3, -0.25) is 0 Å². The number of benzene rings is 1. The SMILES string of the molecule is CCCC[C@@H](N)c1cc(I)ccc1F. The Kier molecular flexibility index (Phi) is 4.81. The summed E-state index contributed by atoms with van der Waals surface area (Å²) in [5.74, 6) is -0.186. The van der Waals surface area contributed by atoms with Crippen LogP contribution in [0.1, 0.15) is 37.8 Å². The van der Waals surface area contributed by atoms with E-state index in [0.29, 0.717) is 5.56 Å². The van der Waals surface area contributed by atoms with Crippen LogP contribution in [0.2, 0.25) is 0 Å². The molecule has 1 rings (SSSR count). The van der Waals surface area contributed by atoms with Gasteiger partial charge in [-0.05, 0) is 47.2 Å². The molecule has 1 aromatic rings. The first-order chi connectivity index (χ1) is 6.65. The van der Waals surface area contributed by atoms with Crippen LogP contribution in [0.3, 0.4) is 0 Å². The van der Waals surface area contributed by atoms with Crippen molar-refractivity contribution in [2.24, 2.45) is 5.73 Å². The molecule has 0 heterocycles. The van der Waals surface area contributed by atoms with Crippen molar-refractivity contribution in [3.63, 3.8) is 0 Å². The number of nitrogens with two attached hydrogens (primary N) is 1. The van der Waals surface area contributed by atoms with Crippen LogP contribution < -0.4 is 5.73 Å². The summed E-state index contributed by atoms with van der Waals surface area (Å²) in [4.78, 5) is 0. The molecule has 0 aliphatic carbocycles. The van der Waals surface area contributed by atoms with E-state index >= 15 is 0 Å². The lowest BCUT2D eigenvalue weighted by Gasteiger charge is -2.12. The fourth-order valence-corrected chi connectivity index (χ4v) is 1.89. The molecule has 78 valence electrons. The van der Waals surface area contributed by atoms with Crippen LogP contribution in [0.15, 0.2) is 18.2 Å². The van der Waals surface area contributed by atoms with Gasteiger partial charge in [-0.15, -0.1) is 0 Å². The van der Waals surface area contributed by atoms with Crippen LogP contribution in [0.25, 0.3) is 0 Å². The van der Waals surface area contributed by atoms with E-state index in [1.165, 1.54) is 6.07 Å². The fraction of sp³-hybridized carbons (Fsp3) is 0.455. The Morgan fingerprint density at radius 1 is 1.50 bits per heavy atom. The summed E-state index contributed by atoms with van der Waals surface area (Å²) < 4.78 is 14.4. The molecule has 0 radical (unpaired) electrons. The number of unbranched alkanes of at least 4 members (excludes halogenated alkanes) is 1. The average molecular weight is 307 g/mol. The fourth-order valence-electron chi connectivity index (χ4n) is 1.38. The highest BCUT2D eigenvalue weighted by Gasteiger charge is 2.10. The van der Waals surface area contributed by atoms with Crippen LogP contribution in [0.5, 0.6) is 0 Å². The van der Waals surface area contributed by atoms with Crippen molar-refractivity contribution in [3.05, 3.63) is 33.1 Å². The maximum absolute atomic E-state index is 13.4. The van der Waals surface area contributed by atoms with Crippen molar-refractivity contribution in [1.82, 2.24) is 0 Å². The maximum atomic E-state index is 13.4. The summed E-state index contributed by atoms with van der Waals surface area (Å²) in [5, 5.41) is 0. The van der Waals surface area contributed by atoms with Crippen molar-refractivity contribution < 1.29 is 4.39 Å². The second-order valence-electron chi connectivity index (χ2n) is 3.41. The molecule has 0 amide bonds. The lowest BCUT2D eigenvalue weighted by atomic mass is 10.0. The Morgan fingerprint density at radius 2 is 2.21 bits per heavy atom. The molecule has 1 nitrogen and oxygen atoms in total. The minimum absolute atomic E-state index is 0.162. The second-order valence-corrected chi connectivity index (χ2v) is 4.66. The van der Waals surface area contributed by atoms with E-state index in [9.17, 15) is 4.39 Å². The normalized spacial score (nSPS) is 12.9. The molecule has 0 unspecified atom stereocenters. The summed E-state index contributed by atoms with van der Waals surface area (Å²) >= 11 is 2.17. The Morgan fingerprint density at radius 3 is 2.86 bits per heavy atom. The van der Waals surface area contributed by atoms with Crippen molar-refractivity contribution in [1.29, 1.82) is 0 Å². The summed E-state index contributed by atoms with van der Waals surface area (Å²) in [6.45, 7) is 2.11. The third-order valence-electron chi connectivity index (χ3n) is 2.23. The summed E-state index contributed by atoms with van der Waals surface area (Å²) in [5.41, 5.74) is 6.55. The van der Waals surface area contributed by atoms with Crippen molar-refractivity contribution in [2.75, 3.05) is 0 Å². The highest BCUT2D eigenvalue weighted by atomic mass is 127. The first-order valence-corrected chi connectivity index (χ1v) is 5.93. The Hall–Kier alpha value is -0.160. The molecule has 3 heteroatoms. The van der Waals surface area contributed by atoms with E-state index in [4.69, 9.17) is 5.73 Å². The zero-order valence-electron chi connectivity index (χ0n) is 8.26.